The Bertz CT molecular complexity index is 332. The fraction of sp³-hybridized carbons (Fsp3) is 0.143. The van der Waals surface area contributed by atoms with E-state index in [1.165, 1.54) is 18.2 Å². The topological polar surface area (TPSA) is 46.5 Å². The van der Waals surface area contributed by atoms with Crippen molar-refractivity contribution in [2.24, 2.45) is 0 Å². The third-order valence-electron chi connectivity index (χ3n) is 1.32. The predicted octanol–water partition coefficient (Wildman–Crippen LogP) is 2.13. The first-order valence-corrected chi connectivity index (χ1v) is 4.68. The lowest BCUT2D eigenvalue weighted by atomic mass is 10.2. The highest BCUT2D eigenvalue weighted by Crippen LogP contribution is 2.15. The third-order valence-corrected chi connectivity index (χ3v) is 1.88. The van der Waals surface area contributed by atoms with Gasteiger partial charge in [-0.05, 0) is 18.2 Å². The van der Waals surface area contributed by atoms with E-state index >= 15 is 0 Å². The van der Waals surface area contributed by atoms with E-state index in [1.807, 2.05) is 0 Å². The minimum absolute atomic E-state index is 0.148. The summed E-state index contributed by atoms with van der Waals surface area (Å²) in [5.74, 6) is -0.519. The monoisotopic (exact) mass is 224 g/mol. The van der Waals surface area contributed by atoms with Crippen molar-refractivity contribution in [2.45, 2.75) is 6.61 Å². The number of hydrogen-bond donors (Lipinski definition) is 1. The van der Waals surface area contributed by atoms with Crippen molar-refractivity contribution in [1.82, 2.24) is 0 Å². The lowest BCUT2D eigenvalue weighted by Crippen LogP contribution is -1.98. The molecule has 3 nitrogen and oxygen atoms in total. The molecule has 0 amide bonds. The van der Waals surface area contributed by atoms with Crippen molar-refractivity contribution in [2.75, 3.05) is 0 Å². The molecule has 0 aliphatic rings. The molecule has 0 aliphatic carbocycles. The summed E-state index contributed by atoms with van der Waals surface area (Å²) < 4.78 is 35.6. The molecule has 13 heavy (non-hydrogen) atoms. The minimum Gasteiger partial charge on any atom is -0.284 e. The zero-order valence-electron chi connectivity index (χ0n) is 6.37. The first-order chi connectivity index (χ1) is 6.09. The molecule has 6 heteroatoms. The standard InChI is InChI=1S/C7H6ClFO3S/c8-6-1-2-7(9)5(3-6)4-12-13(10)11/h1-3H,4H2,(H,10,11). The van der Waals surface area contributed by atoms with Crippen LogP contribution in [0.25, 0.3) is 0 Å². The van der Waals surface area contributed by atoms with E-state index in [9.17, 15) is 8.60 Å². The van der Waals surface area contributed by atoms with Crippen LogP contribution < -0.4 is 0 Å². The van der Waals surface area contributed by atoms with Gasteiger partial charge in [0, 0.05) is 10.6 Å². The van der Waals surface area contributed by atoms with Gasteiger partial charge in [-0.25, -0.2) is 4.39 Å². The van der Waals surface area contributed by atoms with Gasteiger partial charge in [0.05, 0.1) is 6.61 Å². The number of rotatable bonds is 3. The molecule has 0 heterocycles. The summed E-state index contributed by atoms with van der Waals surface area (Å²) in [6, 6.07) is 3.89. The van der Waals surface area contributed by atoms with E-state index in [1.54, 1.807) is 0 Å². The maximum Gasteiger partial charge on any atom is 0.302 e. The molecule has 0 radical (unpaired) electrons. The second-order valence-corrected chi connectivity index (χ2v) is 3.32. The van der Waals surface area contributed by atoms with E-state index in [4.69, 9.17) is 16.2 Å². The molecule has 72 valence electrons. The molecule has 0 saturated carbocycles. The van der Waals surface area contributed by atoms with Crippen molar-refractivity contribution < 1.29 is 17.3 Å². The molecule has 0 spiro atoms. The van der Waals surface area contributed by atoms with Crippen LogP contribution in [0.1, 0.15) is 5.56 Å². The second-order valence-electron chi connectivity index (χ2n) is 2.22. The maximum absolute atomic E-state index is 12.9. The second kappa shape index (κ2) is 4.66. The van der Waals surface area contributed by atoms with Crippen LogP contribution in [-0.2, 0) is 22.2 Å². The maximum atomic E-state index is 12.9. The van der Waals surface area contributed by atoms with Crippen LogP contribution in [0.3, 0.4) is 0 Å². The molecule has 1 rings (SSSR count). The molecule has 0 saturated heterocycles. The Labute approximate surface area is 82.0 Å². The minimum atomic E-state index is -2.39. The zero-order chi connectivity index (χ0) is 9.84. The zero-order valence-corrected chi connectivity index (χ0v) is 7.94. The molecule has 1 N–H and O–H groups in total. The van der Waals surface area contributed by atoms with Crippen LogP contribution >= 0.6 is 11.6 Å². The average Bonchev–Trinajstić information content (AvgIpc) is 2.06. The first kappa shape index (κ1) is 10.6. The van der Waals surface area contributed by atoms with Crippen LogP contribution in [0.4, 0.5) is 4.39 Å². The SMILES string of the molecule is O=S(O)OCc1cc(Cl)ccc1F. The fourth-order valence-electron chi connectivity index (χ4n) is 0.768. The third kappa shape index (κ3) is 3.40. The lowest BCUT2D eigenvalue weighted by molar-refractivity contribution is 0.292. The molecule has 0 aliphatic heterocycles. The smallest absolute Gasteiger partial charge is 0.284 e. The molecule has 0 fully saturated rings. The molecule has 0 bridgehead atoms. The van der Waals surface area contributed by atoms with E-state index < -0.39 is 17.2 Å². The molecule has 0 aromatic heterocycles. The Morgan fingerprint density at radius 2 is 2.31 bits per heavy atom. The van der Waals surface area contributed by atoms with Crippen LogP contribution in [0, 0.1) is 5.82 Å². The van der Waals surface area contributed by atoms with Crippen LogP contribution in [0.2, 0.25) is 5.02 Å². The van der Waals surface area contributed by atoms with Gasteiger partial charge in [-0.15, -0.1) is 0 Å². The highest BCUT2D eigenvalue weighted by atomic mass is 35.5. The Hall–Kier alpha value is -0.490. The largest absolute Gasteiger partial charge is 0.302 e. The first-order valence-electron chi connectivity index (χ1n) is 3.27. The highest BCUT2D eigenvalue weighted by molar-refractivity contribution is 7.74. The van der Waals surface area contributed by atoms with Crippen molar-refractivity contribution in [1.29, 1.82) is 0 Å². The van der Waals surface area contributed by atoms with E-state index in [-0.39, 0.29) is 12.2 Å². The quantitative estimate of drug-likeness (QED) is 0.801. The molecule has 1 unspecified atom stereocenters. The van der Waals surface area contributed by atoms with Gasteiger partial charge in [0.2, 0.25) is 0 Å². The van der Waals surface area contributed by atoms with Crippen LogP contribution in [-0.4, -0.2) is 8.76 Å². The lowest BCUT2D eigenvalue weighted by Gasteiger charge is -2.01. The van der Waals surface area contributed by atoms with Crippen LogP contribution in [0.5, 0.6) is 0 Å². The predicted molar refractivity (Wildman–Crippen MR) is 47.0 cm³/mol. The number of hydrogen-bond acceptors (Lipinski definition) is 2. The van der Waals surface area contributed by atoms with Crippen molar-refractivity contribution >= 4 is 23.0 Å². The Morgan fingerprint density at radius 3 is 2.92 bits per heavy atom. The molecule has 1 aromatic rings. The molecule has 1 atom stereocenters. The fourth-order valence-corrected chi connectivity index (χ4v) is 1.19. The average molecular weight is 225 g/mol. The molecular formula is C7H6ClFO3S. The summed E-state index contributed by atoms with van der Waals surface area (Å²) in [5.41, 5.74) is 0.148. The van der Waals surface area contributed by atoms with Crippen LogP contribution in [0.15, 0.2) is 18.2 Å². The summed E-state index contributed by atoms with van der Waals surface area (Å²) in [5, 5.41) is 0.351. The van der Waals surface area contributed by atoms with Gasteiger partial charge in [0.1, 0.15) is 5.82 Å². The summed E-state index contributed by atoms with van der Waals surface area (Å²) in [7, 11) is 0. The summed E-state index contributed by atoms with van der Waals surface area (Å²) in [6.45, 7) is -0.282. The van der Waals surface area contributed by atoms with Gasteiger partial charge < -0.3 is 0 Å². The number of benzene rings is 1. The summed E-state index contributed by atoms with van der Waals surface area (Å²) in [4.78, 5) is 0. The van der Waals surface area contributed by atoms with E-state index in [0.717, 1.165) is 0 Å². The van der Waals surface area contributed by atoms with E-state index in [2.05, 4.69) is 4.18 Å². The summed E-state index contributed by atoms with van der Waals surface area (Å²) in [6.07, 6.45) is 0. The molecule has 1 aromatic carbocycles. The Balaban J connectivity index is 2.75. The van der Waals surface area contributed by atoms with Gasteiger partial charge in [0.25, 0.3) is 0 Å². The van der Waals surface area contributed by atoms with Gasteiger partial charge >= 0.3 is 11.4 Å². The Morgan fingerprint density at radius 1 is 1.62 bits per heavy atom. The highest BCUT2D eigenvalue weighted by Gasteiger charge is 2.04. The normalized spacial score (nSPS) is 12.8. The van der Waals surface area contributed by atoms with Gasteiger partial charge in [0.15, 0.2) is 0 Å². The van der Waals surface area contributed by atoms with Crippen molar-refractivity contribution in [3.63, 3.8) is 0 Å². The number of halogens is 2. The van der Waals surface area contributed by atoms with E-state index in [0.29, 0.717) is 5.02 Å². The van der Waals surface area contributed by atoms with Gasteiger partial charge in [-0.3, -0.25) is 8.74 Å². The summed E-state index contributed by atoms with van der Waals surface area (Å²) >= 11 is 3.18. The van der Waals surface area contributed by atoms with Crippen molar-refractivity contribution in [3.8, 4) is 0 Å². The van der Waals surface area contributed by atoms with Gasteiger partial charge in [-0.1, -0.05) is 11.6 Å². The molecular weight excluding hydrogens is 219 g/mol. The Kier molecular flexibility index (Phi) is 3.80. The van der Waals surface area contributed by atoms with Gasteiger partial charge in [-0.2, -0.15) is 4.21 Å². The van der Waals surface area contributed by atoms with Crippen molar-refractivity contribution in [3.05, 3.63) is 34.6 Å².